The summed E-state index contributed by atoms with van der Waals surface area (Å²) >= 11 is 0. The summed E-state index contributed by atoms with van der Waals surface area (Å²) in [4.78, 5) is 2.31. The fourth-order valence-corrected chi connectivity index (χ4v) is 3.76. The zero-order valence-corrected chi connectivity index (χ0v) is 14.7. The summed E-state index contributed by atoms with van der Waals surface area (Å²) in [7, 11) is 0. The van der Waals surface area contributed by atoms with Gasteiger partial charge in [0.25, 0.3) is 0 Å². The predicted octanol–water partition coefficient (Wildman–Crippen LogP) is 5.07. The third kappa shape index (κ3) is 3.93. The van der Waals surface area contributed by atoms with E-state index >= 15 is 0 Å². The molecule has 0 bridgehead atoms. The number of hydrogen-bond acceptors (Lipinski definition) is 3. The van der Waals surface area contributed by atoms with E-state index in [1.165, 1.54) is 12.1 Å². The first-order chi connectivity index (χ1) is 13.0. The molecule has 1 fully saturated rings. The molecular weight excluding hydrogens is 355 g/mol. The smallest absolute Gasteiger partial charge is 0.416 e. The van der Waals surface area contributed by atoms with Crippen LogP contribution in [0, 0.1) is 0 Å². The Bertz CT molecular complexity index is 886. The molecule has 1 N–H and O–H groups in total. The molecule has 1 aliphatic rings. The molecule has 3 aromatic rings. The molecule has 2 aromatic heterocycles. The summed E-state index contributed by atoms with van der Waals surface area (Å²) in [6, 6.07) is 9.25. The molecule has 142 valence electrons. The summed E-state index contributed by atoms with van der Waals surface area (Å²) in [5.41, 5.74) is 1.54. The number of rotatable bonds is 4. The third-order valence-electron chi connectivity index (χ3n) is 5.04. The van der Waals surface area contributed by atoms with Gasteiger partial charge in [-0.15, -0.1) is 0 Å². The summed E-state index contributed by atoms with van der Waals surface area (Å²) in [6.45, 7) is 2.52. The van der Waals surface area contributed by atoms with Gasteiger partial charge in [-0.3, -0.25) is 10.00 Å². The van der Waals surface area contributed by atoms with E-state index in [1.54, 1.807) is 18.5 Å². The molecule has 1 atom stereocenters. The lowest BCUT2D eigenvalue weighted by Crippen LogP contribution is -2.34. The van der Waals surface area contributed by atoms with Crippen LogP contribution >= 0.6 is 0 Å². The highest BCUT2D eigenvalue weighted by Crippen LogP contribution is 2.36. The minimum Gasteiger partial charge on any atom is -0.468 e. The van der Waals surface area contributed by atoms with E-state index in [1.807, 2.05) is 12.1 Å². The van der Waals surface area contributed by atoms with Gasteiger partial charge >= 0.3 is 6.18 Å². The number of piperidine rings is 1. The Morgan fingerprint density at radius 3 is 2.89 bits per heavy atom. The highest BCUT2D eigenvalue weighted by atomic mass is 19.4. The molecule has 1 aromatic carbocycles. The molecule has 0 aliphatic carbocycles. The Balaban J connectivity index is 1.56. The molecule has 0 amide bonds. The Labute approximate surface area is 155 Å². The van der Waals surface area contributed by atoms with Crippen molar-refractivity contribution in [3.63, 3.8) is 0 Å². The van der Waals surface area contributed by atoms with E-state index < -0.39 is 11.7 Å². The molecule has 7 heteroatoms. The molecule has 0 radical (unpaired) electrons. The van der Waals surface area contributed by atoms with Gasteiger partial charge in [-0.05, 0) is 49.2 Å². The molecule has 3 heterocycles. The molecule has 1 saturated heterocycles. The normalized spacial score (nSPS) is 18.7. The van der Waals surface area contributed by atoms with Gasteiger partial charge in [0.2, 0.25) is 0 Å². The first kappa shape index (κ1) is 17.9. The minimum absolute atomic E-state index is 0.195. The average molecular weight is 375 g/mol. The fraction of sp³-hybridized carbons (Fsp3) is 0.350. The van der Waals surface area contributed by atoms with Crippen molar-refractivity contribution in [1.82, 2.24) is 15.1 Å². The van der Waals surface area contributed by atoms with Crippen molar-refractivity contribution in [2.45, 2.75) is 31.5 Å². The highest BCUT2D eigenvalue weighted by molar-refractivity contribution is 5.66. The van der Waals surface area contributed by atoms with Crippen LogP contribution in [0.5, 0.6) is 0 Å². The number of nitrogens with one attached hydrogen (secondary N) is 1. The number of aromatic amines is 1. The minimum atomic E-state index is -4.36. The van der Waals surface area contributed by atoms with Crippen LogP contribution in [-0.4, -0.2) is 28.2 Å². The van der Waals surface area contributed by atoms with Gasteiger partial charge in [-0.2, -0.15) is 18.3 Å². The number of hydrogen-bond donors (Lipinski definition) is 1. The predicted molar refractivity (Wildman–Crippen MR) is 95.0 cm³/mol. The Morgan fingerprint density at radius 1 is 1.22 bits per heavy atom. The fourth-order valence-electron chi connectivity index (χ4n) is 3.76. The van der Waals surface area contributed by atoms with Crippen LogP contribution in [0.25, 0.3) is 11.1 Å². The Morgan fingerprint density at radius 2 is 2.11 bits per heavy atom. The lowest BCUT2D eigenvalue weighted by atomic mass is 9.90. The van der Waals surface area contributed by atoms with Crippen LogP contribution < -0.4 is 0 Å². The van der Waals surface area contributed by atoms with Crippen molar-refractivity contribution < 1.29 is 17.6 Å². The summed E-state index contributed by atoms with van der Waals surface area (Å²) < 4.78 is 44.6. The van der Waals surface area contributed by atoms with E-state index in [4.69, 9.17) is 4.42 Å². The first-order valence-electron chi connectivity index (χ1n) is 8.96. The van der Waals surface area contributed by atoms with Crippen molar-refractivity contribution in [2.24, 2.45) is 0 Å². The monoisotopic (exact) mass is 375 g/mol. The largest absolute Gasteiger partial charge is 0.468 e. The molecule has 1 unspecified atom stereocenters. The van der Waals surface area contributed by atoms with Gasteiger partial charge < -0.3 is 4.42 Å². The highest BCUT2D eigenvalue weighted by Gasteiger charge is 2.31. The van der Waals surface area contributed by atoms with Gasteiger partial charge in [0, 0.05) is 23.7 Å². The molecule has 27 heavy (non-hydrogen) atoms. The molecule has 1 aliphatic heterocycles. The van der Waals surface area contributed by atoms with Gasteiger partial charge in [0.15, 0.2) is 0 Å². The van der Waals surface area contributed by atoms with Crippen LogP contribution in [0.3, 0.4) is 0 Å². The van der Waals surface area contributed by atoms with Crippen LogP contribution in [0.2, 0.25) is 0 Å². The standard InChI is InChI=1S/C20H20F3N3O/c21-20(22,23)16-6-1-4-14(10-16)18-11-24-25-19(18)15-5-2-8-26(12-15)13-17-7-3-9-27-17/h1,3-4,6-7,9-11,15H,2,5,8,12-13H2,(H,24,25). The van der Waals surface area contributed by atoms with Crippen molar-refractivity contribution in [2.75, 3.05) is 13.1 Å². The van der Waals surface area contributed by atoms with Crippen molar-refractivity contribution in [3.05, 3.63) is 65.9 Å². The number of H-pyrrole nitrogens is 1. The maximum atomic E-state index is 13.1. The average Bonchev–Trinajstić information content (AvgIpc) is 3.33. The lowest BCUT2D eigenvalue weighted by Gasteiger charge is -2.32. The Hall–Kier alpha value is -2.54. The number of aromatic nitrogens is 2. The number of nitrogens with zero attached hydrogens (tertiary/aromatic N) is 2. The van der Waals surface area contributed by atoms with Crippen LogP contribution in [0.1, 0.15) is 35.8 Å². The number of likely N-dealkylation sites (tertiary alicyclic amines) is 1. The number of furan rings is 1. The van der Waals surface area contributed by atoms with Crippen molar-refractivity contribution in [1.29, 1.82) is 0 Å². The molecule has 0 saturated carbocycles. The molecule has 4 nitrogen and oxygen atoms in total. The zero-order chi connectivity index (χ0) is 18.9. The van der Waals surface area contributed by atoms with E-state index in [-0.39, 0.29) is 5.92 Å². The van der Waals surface area contributed by atoms with Crippen molar-refractivity contribution >= 4 is 0 Å². The number of halogens is 3. The van der Waals surface area contributed by atoms with Crippen LogP contribution in [0.4, 0.5) is 13.2 Å². The van der Waals surface area contributed by atoms with Crippen LogP contribution in [0.15, 0.2) is 53.3 Å². The SMILES string of the molecule is FC(F)(F)c1cccc(-c2cn[nH]c2C2CCCN(Cc3ccco3)C2)c1. The van der Waals surface area contributed by atoms with E-state index in [2.05, 4.69) is 15.1 Å². The second kappa shape index (κ2) is 7.23. The first-order valence-corrected chi connectivity index (χ1v) is 8.96. The summed E-state index contributed by atoms with van der Waals surface area (Å²) in [6.07, 6.45) is 0.924. The second-order valence-electron chi connectivity index (χ2n) is 6.93. The summed E-state index contributed by atoms with van der Waals surface area (Å²) in [5, 5.41) is 7.15. The lowest BCUT2D eigenvalue weighted by molar-refractivity contribution is -0.137. The van der Waals surface area contributed by atoms with E-state index in [9.17, 15) is 13.2 Å². The topological polar surface area (TPSA) is 45.1 Å². The van der Waals surface area contributed by atoms with Crippen LogP contribution in [-0.2, 0) is 12.7 Å². The van der Waals surface area contributed by atoms with Gasteiger partial charge in [-0.1, -0.05) is 12.1 Å². The molecule has 0 spiro atoms. The van der Waals surface area contributed by atoms with E-state index in [0.717, 1.165) is 55.6 Å². The number of benzene rings is 1. The quantitative estimate of drug-likeness (QED) is 0.693. The zero-order valence-electron chi connectivity index (χ0n) is 14.7. The maximum absolute atomic E-state index is 13.1. The number of alkyl halides is 3. The third-order valence-corrected chi connectivity index (χ3v) is 5.04. The van der Waals surface area contributed by atoms with Crippen molar-refractivity contribution in [3.8, 4) is 11.1 Å². The maximum Gasteiger partial charge on any atom is 0.416 e. The van der Waals surface area contributed by atoms with Gasteiger partial charge in [0.05, 0.1) is 24.6 Å². The van der Waals surface area contributed by atoms with E-state index in [0.29, 0.717) is 5.56 Å². The summed E-state index contributed by atoms with van der Waals surface area (Å²) in [5.74, 6) is 1.11. The van der Waals surface area contributed by atoms with Gasteiger partial charge in [0.1, 0.15) is 5.76 Å². The molecule has 4 rings (SSSR count). The Kier molecular flexibility index (Phi) is 4.78. The second-order valence-corrected chi connectivity index (χ2v) is 6.93. The van der Waals surface area contributed by atoms with Gasteiger partial charge in [-0.25, -0.2) is 0 Å². The molecular formula is C20H20F3N3O.